The molecular weight excluding hydrogens is 500 g/mol. The van der Waals surface area contributed by atoms with E-state index in [1.54, 1.807) is 0 Å². The summed E-state index contributed by atoms with van der Waals surface area (Å²) in [5, 5.41) is 2.16. The lowest BCUT2D eigenvalue weighted by Gasteiger charge is -2.28. The fourth-order valence-electron chi connectivity index (χ4n) is 6.48. The number of hydrogen-bond donors (Lipinski definition) is 0. The Morgan fingerprint density at radius 2 is 1.24 bits per heavy atom. The fourth-order valence-corrected chi connectivity index (χ4v) is 6.48. The maximum Gasteiger partial charge on any atom is 0.227 e. The second kappa shape index (κ2) is 8.94. The van der Waals surface area contributed by atoms with Crippen LogP contribution in [0.5, 0.6) is 0 Å². The predicted molar refractivity (Wildman–Crippen MR) is 169 cm³/mol. The molecule has 3 heteroatoms. The Hall–Kier alpha value is -5.15. The summed E-state index contributed by atoms with van der Waals surface area (Å²) in [6.07, 6.45) is 0. The van der Waals surface area contributed by atoms with Crippen molar-refractivity contribution in [2.45, 2.75) is 19.3 Å². The highest BCUT2D eigenvalue weighted by Crippen LogP contribution is 2.51. The second-order valence-electron chi connectivity index (χ2n) is 11.2. The van der Waals surface area contributed by atoms with Gasteiger partial charge < -0.3 is 9.32 Å². The maximum absolute atomic E-state index is 6.41. The number of oxazole rings is 1. The number of anilines is 3. The average molecular weight is 529 g/mol. The van der Waals surface area contributed by atoms with Gasteiger partial charge in [-0.1, -0.05) is 105 Å². The lowest BCUT2D eigenvalue weighted by Crippen LogP contribution is -2.15. The van der Waals surface area contributed by atoms with Crippen LogP contribution in [0.2, 0.25) is 0 Å². The van der Waals surface area contributed by atoms with Crippen molar-refractivity contribution in [3.8, 4) is 22.6 Å². The van der Waals surface area contributed by atoms with E-state index in [2.05, 4.69) is 122 Å². The Morgan fingerprint density at radius 1 is 0.585 bits per heavy atom. The van der Waals surface area contributed by atoms with Crippen molar-refractivity contribution in [2.75, 3.05) is 4.90 Å². The summed E-state index contributed by atoms with van der Waals surface area (Å²) >= 11 is 0. The Morgan fingerprint density at radius 3 is 2.05 bits per heavy atom. The van der Waals surface area contributed by atoms with Gasteiger partial charge >= 0.3 is 0 Å². The molecule has 0 aliphatic heterocycles. The molecule has 1 aliphatic rings. The number of para-hydroxylation sites is 1. The highest BCUT2D eigenvalue weighted by atomic mass is 16.3. The van der Waals surface area contributed by atoms with E-state index in [0.29, 0.717) is 5.89 Å². The first kappa shape index (κ1) is 23.7. The van der Waals surface area contributed by atoms with Gasteiger partial charge in [-0.05, 0) is 64.7 Å². The lowest BCUT2D eigenvalue weighted by atomic mass is 9.82. The number of nitrogens with zero attached hydrogens (tertiary/aromatic N) is 2. The monoisotopic (exact) mass is 528 g/mol. The summed E-state index contributed by atoms with van der Waals surface area (Å²) in [6.45, 7) is 4.64. The number of aromatic nitrogens is 1. The summed E-state index contributed by atoms with van der Waals surface area (Å²) in [6, 6.07) is 47.1. The molecule has 0 radical (unpaired) electrons. The van der Waals surface area contributed by atoms with Crippen LogP contribution in [0.25, 0.3) is 44.5 Å². The molecule has 6 aromatic carbocycles. The summed E-state index contributed by atoms with van der Waals surface area (Å²) < 4.78 is 6.41. The Bertz CT molecular complexity index is 2070. The molecule has 1 aliphatic carbocycles. The minimum Gasteiger partial charge on any atom is -0.435 e. The highest BCUT2D eigenvalue weighted by molar-refractivity contribution is 6.12. The fraction of sp³-hybridized carbons (Fsp3) is 0.0789. The van der Waals surface area contributed by atoms with E-state index in [-0.39, 0.29) is 5.41 Å². The molecule has 0 saturated carbocycles. The van der Waals surface area contributed by atoms with Crippen LogP contribution in [0.4, 0.5) is 17.1 Å². The Labute approximate surface area is 239 Å². The van der Waals surface area contributed by atoms with E-state index < -0.39 is 0 Å². The molecule has 0 amide bonds. The van der Waals surface area contributed by atoms with Crippen LogP contribution in [-0.4, -0.2) is 4.98 Å². The molecular formula is C38H28N2O. The molecule has 0 saturated heterocycles. The molecule has 0 fully saturated rings. The van der Waals surface area contributed by atoms with Gasteiger partial charge in [-0.25, -0.2) is 4.98 Å². The van der Waals surface area contributed by atoms with E-state index in [0.717, 1.165) is 44.5 Å². The van der Waals surface area contributed by atoms with E-state index in [1.807, 2.05) is 30.3 Å². The first-order valence-corrected chi connectivity index (χ1v) is 14.1. The summed E-state index contributed by atoms with van der Waals surface area (Å²) in [7, 11) is 0. The predicted octanol–water partition coefficient (Wildman–Crippen LogP) is 10.4. The number of hydrogen-bond acceptors (Lipinski definition) is 3. The molecule has 7 aromatic rings. The number of benzene rings is 6. The van der Waals surface area contributed by atoms with Gasteiger partial charge in [0.15, 0.2) is 5.58 Å². The zero-order valence-electron chi connectivity index (χ0n) is 23.0. The Balaban J connectivity index is 1.39. The van der Waals surface area contributed by atoms with Gasteiger partial charge in [0, 0.05) is 33.1 Å². The van der Waals surface area contributed by atoms with E-state index >= 15 is 0 Å². The van der Waals surface area contributed by atoms with Crippen LogP contribution in [-0.2, 0) is 5.41 Å². The van der Waals surface area contributed by atoms with E-state index in [4.69, 9.17) is 9.40 Å². The largest absolute Gasteiger partial charge is 0.435 e. The van der Waals surface area contributed by atoms with Gasteiger partial charge in [0.1, 0.15) is 5.52 Å². The molecule has 0 atom stereocenters. The van der Waals surface area contributed by atoms with E-state index in [9.17, 15) is 0 Å². The molecule has 0 N–H and O–H groups in total. The summed E-state index contributed by atoms with van der Waals surface area (Å²) in [5.74, 6) is 0.630. The second-order valence-corrected chi connectivity index (χ2v) is 11.2. The van der Waals surface area contributed by atoms with Gasteiger partial charge in [-0.3, -0.25) is 0 Å². The molecule has 1 aromatic heterocycles. The molecule has 41 heavy (non-hydrogen) atoms. The third-order valence-corrected chi connectivity index (χ3v) is 8.48. The van der Waals surface area contributed by atoms with Crippen molar-refractivity contribution in [3.63, 3.8) is 0 Å². The molecule has 0 unspecified atom stereocenters. The van der Waals surface area contributed by atoms with Crippen LogP contribution in [0.1, 0.15) is 25.0 Å². The lowest BCUT2D eigenvalue weighted by molar-refractivity contribution is 0.623. The van der Waals surface area contributed by atoms with Crippen molar-refractivity contribution < 1.29 is 4.42 Å². The SMILES string of the molecule is CC1(C)c2ccccc2-c2cc(N(c3ccccc3)c3cc4nc(-c5ccccc5)oc4c4ccccc34)ccc21. The summed E-state index contributed by atoms with van der Waals surface area (Å²) in [5.41, 5.74) is 11.2. The smallest absolute Gasteiger partial charge is 0.227 e. The molecule has 3 nitrogen and oxygen atoms in total. The van der Waals surface area contributed by atoms with Gasteiger partial charge in [-0.2, -0.15) is 0 Å². The number of fused-ring (bicyclic) bond motifs is 6. The van der Waals surface area contributed by atoms with Gasteiger partial charge in [0.05, 0.1) is 5.69 Å². The topological polar surface area (TPSA) is 29.3 Å². The minimum atomic E-state index is -0.0395. The van der Waals surface area contributed by atoms with E-state index in [1.165, 1.54) is 22.3 Å². The molecule has 0 bridgehead atoms. The van der Waals surface area contributed by atoms with Crippen LogP contribution >= 0.6 is 0 Å². The maximum atomic E-state index is 6.41. The summed E-state index contributed by atoms with van der Waals surface area (Å²) in [4.78, 5) is 7.33. The van der Waals surface area contributed by atoms with Crippen LogP contribution < -0.4 is 4.90 Å². The van der Waals surface area contributed by atoms with Crippen molar-refractivity contribution in [1.29, 1.82) is 0 Å². The molecule has 196 valence electrons. The first-order valence-electron chi connectivity index (χ1n) is 14.1. The standard InChI is InChI=1S/C38H28N2O/c1-38(2)32-20-12-11-17-28(32)31-23-27(21-22-33(31)38)40(26-15-7-4-8-16-26)35-24-34-36(30-19-10-9-18-29(30)35)41-37(39-34)25-13-5-3-6-14-25/h3-24H,1-2H3. The zero-order valence-corrected chi connectivity index (χ0v) is 23.0. The third kappa shape index (κ3) is 3.63. The zero-order chi connectivity index (χ0) is 27.6. The quantitative estimate of drug-likeness (QED) is 0.228. The minimum absolute atomic E-state index is 0.0395. The van der Waals surface area contributed by atoms with Crippen LogP contribution in [0.3, 0.4) is 0 Å². The van der Waals surface area contributed by atoms with Crippen LogP contribution in [0, 0.1) is 0 Å². The van der Waals surface area contributed by atoms with Crippen LogP contribution in [0.15, 0.2) is 138 Å². The van der Waals surface area contributed by atoms with Crippen molar-refractivity contribution in [2.24, 2.45) is 0 Å². The highest BCUT2D eigenvalue weighted by Gasteiger charge is 2.35. The van der Waals surface area contributed by atoms with Gasteiger partial charge in [0.2, 0.25) is 5.89 Å². The number of rotatable bonds is 4. The molecule has 1 heterocycles. The van der Waals surface area contributed by atoms with Crippen molar-refractivity contribution >= 4 is 38.9 Å². The van der Waals surface area contributed by atoms with Gasteiger partial charge in [-0.15, -0.1) is 0 Å². The normalized spacial score (nSPS) is 13.3. The van der Waals surface area contributed by atoms with Crippen molar-refractivity contribution in [1.82, 2.24) is 4.98 Å². The average Bonchev–Trinajstić information content (AvgIpc) is 3.55. The molecule has 0 spiro atoms. The molecule has 8 rings (SSSR count). The first-order chi connectivity index (χ1) is 20.1. The van der Waals surface area contributed by atoms with Crippen molar-refractivity contribution in [3.05, 3.63) is 145 Å². The Kier molecular flexibility index (Phi) is 5.17. The van der Waals surface area contributed by atoms with Gasteiger partial charge in [0.25, 0.3) is 0 Å². The third-order valence-electron chi connectivity index (χ3n) is 8.48.